The Bertz CT molecular complexity index is 498. The molecule has 0 spiro atoms. The summed E-state index contributed by atoms with van der Waals surface area (Å²) in [5.74, 6) is 0. The fraction of sp³-hybridized carbons (Fsp3) is 0.385. The van der Waals surface area contributed by atoms with Crippen molar-refractivity contribution in [3.63, 3.8) is 0 Å². The van der Waals surface area contributed by atoms with Gasteiger partial charge >= 0.3 is 0 Å². The number of hydrogen-bond donors (Lipinski definition) is 3. The molecule has 3 nitrogen and oxygen atoms in total. The van der Waals surface area contributed by atoms with Crippen LogP contribution in [0.3, 0.4) is 0 Å². The van der Waals surface area contributed by atoms with Crippen molar-refractivity contribution >= 4 is 10.9 Å². The number of nitrogens with one attached hydrogen (secondary N) is 1. The molecule has 4 N–H and O–H groups in total. The summed E-state index contributed by atoms with van der Waals surface area (Å²) in [6, 6.07) is 8.12. The van der Waals surface area contributed by atoms with Crippen LogP contribution < -0.4 is 5.73 Å². The number of aromatic nitrogens is 1. The number of para-hydroxylation sites is 1. The van der Waals surface area contributed by atoms with Crippen molar-refractivity contribution in [3.8, 4) is 0 Å². The number of rotatable bonds is 3. The summed E-state index contributed by atoms with van der Waals surface area (Å²) in [4.78, 5) is 3.33. The fourth-order valence-electron chi connectivity index (χ4n) is 2.30. The highest BCUT2D eigenvalue weighted by Crippen LogP contribution is 2.32. The van der Waals surface area contributed by atoms with Crippen molar-refractivity contribution in [1.29, 1.82) is 0 Å². The van der Waals surface area contributed by atoms with Gasteiger partial charge in [0.1, 0.15) is 0 Å². The smallest absolute Gasteiger partial charge is 0.0538 e. The third kappa shape index (κ3) is 1.52. The maximum absolute atomic E-state index is 9.55. The normalized spacial score (nSPS) is 15.2. The molecule has 0 saturated carbocycles. The molecule has 86 valence electrons. The van der Waals surface area contributed by atoms with Gasteiger partial charge in [-0.05, 0) is 18.6 Å². The molecular weight excluding hydrogens is 200 g/mol. The van der Waals surface area contributed by atoms with Gasteiger partial charge in [0.2, 0.25) is 0 Å². The van der Waals surface area contributed by atoms with Crippen LogP contribution in [-0.4, -0.2) is 23.2 Å². The second-order valence-electron chi connectivity index (χ2n) is 4.59. The predicted octanol–water partition coefficient (Wildman–Crippen LogP) is 1.69. The molecule has 0 saturated heterocycles. The number of aliphatic hydroxyl groups excluding tert-OH is 1. The van der Waals surface area contributed by atoms with Gasteiger partial charge in [0.05, 0.1) is 6.61 Å². The third-order valence-electron chi connectivity index (χ3n) is 3.30. The van der Waals surface area contributed by atoms with E-state index >= 15 is 0 Å². The molecule has 0 fully saturated rings. The summed E-state index contributed by atoms with van der Waals surface area (Å²) < 4.78 is 0. The van der Waals surface area contributed by atoms with E-state index < -0.39 is 0 Å². The first-order valence-corrected chi connectivity index (χ1v) is 5.51. The zero-order valence-electron chi connectivity index (χ0n) is 9.75. The lowest BCUT2D eigenvalue weighted by atomic mass is 9.81. The van der Waals surface area contributed by atoms with Crippen LogP contribution in [0.25, 0.3) is 10.9 Å². The fourth-order valence-corrected chi connectivity index (χ4v) is 2.30. The minimum absolute atomic E-state index is 0.0617. The number of aryl methyl sites for hydroxylation is 1. The Morgan fingerprint density at radius 3 is 2.69 bits per heavy atom. The Kier molecular flexibility index (Phi) is 2.74. The lowest BCUT2D eigenvalue weighted by Gasteiger charge is -2.26. The third-order valence-corrected chi connectivity index (χ3v) is 3.30. The van der Waals surface area contributed by atoms with Crippen LogP contribution in [0.2, 0.25) is 0 Å². The van der Waals surface area contributed by atoms with E-state index in [2.05, 4.69) is 11.1 Å². The summed E-state index contributed by atoms with van der Waals surface area (Å²) in [6.07, 6.45) is 0. The van der Waals surface area contributed by atoms with Crippen molar-refractivity contribution in [1.82, 2.24) is 4.98 Å². The highest BCUT2D eigenvalue weighted by atomic mass is 16.3. The summed E-state index contributed by atoms with van der Waals surface area (Å²) in [5.41, 5.74) is 8.74. The van der Waals surface area contributed by atoms with Crippen molar-refractivity contribution < 1.29 is 5.11 Å². The van der Waals surface area contributed by atoms with Crippen LogP contribution in [0.1, 0.15) is 18.2 Å². The first-order valence-electron chi connectivity index (χ1n) is 5.51. The van der Waals surface area contributed by atoms with Crippen LogP contribution in [-0.2, 0) is 5.41 Å². The Labute approximate surface area is 95.3 Å². The van der Waals surface area contributed by atoms with Gasteiger partial charge in [-0.1, -0.05) is 25.1 Å². The predicted molar refractivity (Wildman–Crippen MR) is 66.5 cm³/mol. The van der Waals surface area contributed by atoms with E-state index in [9.17, 15) is 5.11 Å². The van der Waals surface area contributed by atoms with Gasteiger partial charge in [-0.3, -0.25) is 0 Å². The van der Waals surface area contributed by atoms with E-state index in [1.807, 2.05) is 32.0 Å². The molecule has 0 aliphatic heterocycles. The van der Waals surface area contributed by atoms with E-state index in [0.717, 1.165) is 22.2 Å². The quantitative estimate of drug-likeness (QED) is 0.734. The average Bonchev–Trinajstić information content (AvgIpc) is 2.64. The van der Waals surface area contributed by atoms with Gasteiger partial charge in [-0.2, -0.15) is 0 Å². The molecule has 1 unspecified atom stereocenters. The standard InChI is InChI=1S/C13H18N2O/c1-9-12(13(2,7-14)8-16)10-5-3-4-6-11(10)15-9/h3-6,15-16H,7-8,14H2,1-2H3. The minimum atomic E-state index is -0.371. The van der Waals surface area contributed by atoms with Crippen molar-refractivity contribution in [3.05, 3.63) is 35.5 Å². The van der Waals surface area contributed by atoms with Crippen LogP contribution >= 0.6 is 0 Å². The SMILES string of the molecule is Cc1[nH]c2ccccc2c1C(C)(CN)CO. The molecule has 1 aromatic carbocycles. The zero-order chi connectivity index (χ0) is 11.8. The van der Waals surface area contributed by atoms with E-state index in [1.54, 1.807) is 0 Å². The Balaban J connectivity index is 2.72. The highest BCUT2D eigenvalue weighted by molar-refractivity contribution is 5.85. The molecule has 1 aromatic heterocycles. The van der Waals surface area contributed by atoms with Gasteiger partial charge in [-0.15, -0.1) is 0 Å². The number of hydrogen-bond acceptors (Lipinski definition) is 2. The molecule has 1 heterocycles. The van der Waals surface area contributed by atoms with E-state index in [-0.39, 0.29) is 12.0 Å². The first-order chi connectivity index (χ1) is 7.62. The number of H-pyrrole nitrogens is 1. The monoisotopic (exact) mass is 218 g/mol. The van der Waals surface area contributed by atoms with Gasteiger partial charge in [0, 0.05) is 28.6 Å². The van der Waals surface area contributed by atoms with Crippen molar-refractivity contribution in [2.24, 2.45) is 5.73 Å². The Morgan fingerprint density at radius 1 is 1.38 bits per heavy atom. The van der Waals surface area contributed by atoms with Crippen LogP contribution in [0, 0.1) is 6.92 Å². The number of aromatic amines is 1. The van der Waals surface area contributed by atoms with E-state index in [1.165, 1.54) is 0 Å². The summed E-state index contributed by atoms with van der Waals surface area (Å²) in [7, 11) is 0. The maximum Gasteiger partial charge on any atom is 0.0538 e. The number of nitrogens with two attached hydrogens (primary N) is 1. The summed E-state index contributed by atoms with van der Waals surface area (Å²) >= 11 is 0. The van der Waals surface area contributed by atoms with Crippen molar-refractivity contribution in [2.75, 3.05) is 13.2 Å². The molecule has 0 aliphatic rings. The Morgan fingerprint density at radius 2 is 2.06 bits per heavy atom. The number of fused-ring (bicyclic) bond motifs is 1. The zero-order valence-corrected chi connectivity index (χ0v) is 9.75. The molecule has 0 aliphatic carbocycles. The highest BCUT2D eigenvalue weighted by Gasteiger charge is 2.29. The minimum Gasteiger partial charge on any atom is -0.395 e. The maximum atomic E-state index is 9.55. The van der Waals surface area contributed by atoms with Gasteiger partial charge in [0.15, 0.2) is 0 Å². The lowest BCUT2D eigenvalue weighted by molar-refractivity contribution is 0.211. The van der Waals surface area contributed by atoms with Gasteiger partial charge in [-0.25, -0.2) is 0 Å². The van der Waals surface area contributed by atoms with Gasteiger partial charge in [0.25, 0.3) is 0 Å². The number of benzene rings is 1. The van der Waals surface area contributed by atoms with Gasteiger partial charge < -0.3 is 15.8 Å². The summed E-state index contributed by atoms with van der Waals surface area (Å²) in [5, 5.41) is 10.7. The topological polar surface area (TPSA) is 62.0 Å². The van der Waals surface area contributed by atoms with E-state index in [0.29, 0.717) is 6.54 Å². The van der Waals surface area contributed by atoms with Crippen LogP contribution in [0.5, 0.6) is 0 Å². The molecule has 3 heteroatoms. The Hall–Kier alpha value is -1.32. The first kappa shape index (κ1) is 11.2. The molecule has 1 atom stereocenters. The van der Waals surface area contributed by atoms with Crippen LogP contribution in [0.4, 0.5) is 0 Å². The largest absolute Gasteiger partial charge is 0.395 e. The lowest BCUT2D eigenvalue weighted by Crippen LogP contribution is -2.36. The molecule has 2 aromatic rings. The van der Waals surface area contributed by atoms with Crippen molar-refractivity contribution in [2.45, 2.75) is 19.3 Å². The molecular formula is C13H18N2O. The molecule has 16 heavy (non-hydrogen) atoms. The summed E-state index contributed by atoms with van der Waals surface area (Å²) in [6.45, 7) is 4.52. The average molecular weight is 218 g/mol. The molecule has 0 bridgehead atoms. The second-order valence-corrected chi connectivity index (χ2v) is 4.59. The molecule has 0 amide bonds. The van der Waals surface area contributed by atoms with Crippen LogP contribution in [0.15, 0.2) is 24.3 Å². The molecule has 0 radical (unpaired) electrons. The number of aliphatic hydroxyl groups is 1. The van der Waals surface area contributed by atoms with E-state index in [4.69, 9.17) is 5.73 Å². The second kappa shape index (κ2) is 3.92. The molecule has 2 rings (SSSR count).